The summed E-state index contributed by atoms with van der Waals surface area (Å²) in [6.07, 6.45) is 1.01. The SMILES string of the molecule is Fc1cnc(-c2ccccc2)c(F)c1.[Ir]. The third-order valence-electron chi connectivity index (χ3n) is 1.86. The molecular formula is C11H7F2IrN. The fourth-order valence-corrected chi connectivity index (χ4v) is 1.22. The van der Waals surface area contributed by atoms with Crippen LogP contribution in [0, 0.1) is 11.6 Å². The Balaban J connectivity index is 0.00000112. The molecule has 2 aromatic rings. The van der Waals surface area contributed by atoms with Crippen molar-refractivity contribution >= 4 is 0 Å². The Morgan fingerprint density at radius 2 is 1.67 bits per heavy atom. The van der Waals surface area contributed by atoms with Crippen LogP contribution < -0.4 is 0 Å². The van der Waals surface area contributed by atoms with Gasteiger partial charge in [-0.25, -0.2) is 8.78 Å². The molecule has 1 nitrogen and oxygen atoms in total. The van der Waals surface area contributed by atoms with Crippen molar-refractivity contribution in [2.45, 2.75) is 0 Å². The third-order valence-corrected chi connectivity index (χ3v) is 1.86. The Morgan fingerprint density at radius 1 is 1.00 bits per heavy atom. The number of hydrogen-bond acceptors (Lipinski definition) is 1. The number of halogens is 2. The van der Waals surface area contributed by atoms with Crippen molar-refractivity contribution in [2.75, 3.05) is 0 Å². The summed E-state index contributed by atoms with van der Waals surface area (Å²) in [5, 5.41) is 0. The van der Waals surface area contributed by atoms with Crippen molar-refractivity contribution in [3.05, 3.63) is 54.2 Å². The number of benzene rings is 1. The summed E-state index contributed by atoms with van der Waals surface area (Å²) in [5.74, 6) is -1.31. The van der Waals surface area contributed by atoms with Gasteiger partial charge in [0, 0.05) is 31.7 Å². The van der Waals surface area contributed by atoms with Crippen LogP contribution in [0.15, 0.2) is 42.6 Å². The molecule has 0 N–H and O–H groups in total. The molecule has 0 amide bonds. The van der Waals surface area contributed by atoms with Gasteiger partial charge in [-0.15, -0.1) is 0 Å². The molecule has 0 atom stereocenters. The number of hydrogen-bond donors (Lipinski definition) is 0. The first kappa shape index (κ1) is 12.0. The van der Waals surface area contributed by atoms with Gasteiger partial charge in [-0.1, -0.05) is 30.3 Å². The third kappa shape index (κ3) is 2.67. The smallest absolute Gasteiger partial charge is 0.152 e. The normalized spacial score (nSPS) is 9.47. The van der Waals surface area contributed by atoms with Gasteiger partial charge in [-0.05, 0) is 0 Å². The zero-order valence-electron chi connectivity index (χ0n) is 7.58. The van der Waals surface area contributed by atoms with Crippen LogP contribution in [0.25, 0.3) is 11.3 Å². The van der Waals surface area contributed by atoms with Gasteiger partial charge >= 0.3 is 0 Å². The molecule has 0 aliphatic heterocycles. The van der Waals surface area contributed by atoms with E-state index in [9.17, 15) is 8.78 Å². The largest absolute Gasteiger partial charge is 0.250 e. The van der Waals surface area contributed by atoms with Gasteiger partial charge < -0.3 is 0 Å². The molecule has 1 heterocycles. The van der Waals surface area contributed by atoms with Gasteiger partial charge in [0.1, 0.15) is 11.5 Å². The second kappa shape index (κ2) is 5.10. The number of aromatic nitrogens is 1. The predicted molar refractivity (Wildman–Crippen MR) is 49.6 cm³/mol. The Labute approximate surface area is 99.5 Å². The van der Waals surface area contributed by atoms with Crippen LogP contribution in [0.4, 0.5) is 8.78 Å². The van der Waals surface area contributed by atoms with Crippen LogP contribution in [0.1, 0.15) is 0 Å². The maximum absolute atomic E-state index is 13.2. The standard InChI is InChI=1S/C11H7F2N.Ir/c12-9-6-10(13)11(14-7-9)8-4-2-1-3-5-8;/h1-7H;. The van der Waals surface area contributed by atoms with E-state index >= 15 is 0 Å². The van der Waals surface area contributed by atoms with Gasteiger partial charge in [0.25, 0.3) is 0 Å². The van der Waals surface area contributed by atoms with Crippen molar-refractivity contribution in [2.24, 2.45) is 0 Å². The minimum Gasteiger partial charge on any atom is -0.250 e. The van der Waals surface area contributed by atoms with Crippen molar-refractivity contribution in [3.8, 4) is 11.3 Å². The molecule has 79 valence electrons. The van der Waals surface area contributed by atoms with Crippen molar-refractivity contribution in [3.63, 3.8) is 0 Å². The van der Waals surface area contributed by atoms with E-state index in [2.05, 4.69) is 4.98 Å². The summed E-state index contributed by atoms with van der Waals surface area (Å²) >= 11 is 0. The fraction of sp³-hybridized carbons (Fsp3) is 0. The maximum atomic E-state index is 13.2. The average Bonchev–Trinajstić information content (AvgIpc) is 2.19. The van der Waals surface area contributed by atoms with E-state index in [4.69, 9.17) is 0 Å². The van der Waals surface area contributed by atoms with Gasteiger partial charge in [0.05, 0.1) is 6.20 Å². The fourth-order valence-electron chi connectivity index (χ4n) is 1.22. The summed E-state index contributed by atoms with van der Waals surface area (Å²) in [7, 11) is 0. The molecule has 1 aromatic carbocycles. The zero-order valence-corrected chi connectivity index (χ0v) is 9.97. The number of nitrogens with zero attached hydrogens (tertiary/aromatic N) is 1. The second-order valence-electron chi connectivity index (χ2n) is 2.85. The summed E-state index contributed by atoms with van der Waals surface area (Å²) in [6, 6.07) is 9.66. The van der Waals surface area contributed by atoms with Crippen LogP contribution >= 0.6 is 0 Å². The Hall–Kier alpha value is -1.12. The van der Waals surface area contributed by atoms with Crippen molar-refractivity contribution in [1.82, 2.24) is 4.98 Å². The second-order valence-corrected chi connectivity index (χ2v) is 2.85. The molecule has 2 rings (SSSR count). The summed E-state index contributed by atoms with van der Waals surface area (Å²) in [5.41, 5.74) is 0.817. The molecule has 1 radical (unpaired) electrons. The summed E-state index contributed by atoms with van der Waals surface area (Å²) in [4.78, 5) is 3.70. The van der Waals surface area contributed by atoms with E-state index in [1.54, 1.807) is 24.3 Å². The minimum atomic E-state index is -0.665. The average molecular weight is 383 g/mol. The molecule has 15 heavy (non-hydrogen) atoms. The maximum Gasteiger partial charge on any atom is 0.152 e. The molecule has 0 fully saturated rings. The summed E-state index contributed by atoms with van der Waals surface area (Å²) < 4.78 is 25.8. The summed E-state index contributed by atoms with van der Waals surface area (Å²) in [6.45, 7) is 0. The first-order valence-corrected chi connectivity index (χ1v) is 4.14. The number of rotatable bonds is 1. The van der Waals surface area contributed by atoms with Crippen LogP contribution in [-0.4, -0.2) is 4.98 Å². The molecule has 0 aliphatic carbocycles. The molecule has 1 aromatic heterocycles. The molecule has 0 spiro atoms. The Bertz CT molecular complexity index is 446. The van der Waals surface area contributed by atoms with Gasteiger partial charge in [0.2, 0.25) is 0 Å². The molecule has 0 aliphatic rings. The molecule has 0 saturated carbocycles. The van der Waals surface area contributed by atoms with Gasteiger partial charge in [0.15, 0.2) is 5.82 Å². The van der Waals surface area contributed by atoms with E-state index in [1.807, 2.05) is 6.07 Å². The monoisotopic (exact) mass is 384 g/mol. The van der Waals surface area contributed by atoms with Crippen LogP contribution in [0.3, 0.4) is 0 Å². The van der Waals surface area contributed by atoms with E-state index < -0.39 is 11.6 Å². The molecule has 0 saturated heterocycles. The van der Waals surface area contributed by atoms with E-state index in [1.165, 1.54) is 0 Å². The first-order chi connectivity index (χ1) is 6.77. The van der Waals surface area contributed by atoms with Crippen LogP contribution in [0.2, 0.25) is 0 Å². The first-order valence-electron chi connectivity index (χ1n) is 4.14. The minimum absolute atomic E-state index is 0. The van der Waals surface area contributed by atoms with Crippen molar-refractivity contribution < 1.29 is 28.9 Å². The van der Waals surface area contributed by atoms with Gasteiger partial charge in [-0.3, -0.25) is 4.98 Å². The molecular weight excluding hydrogens is 376 g/mol. The molecule has 0 bridgehead atoms. The topological polar surface area (TPSA) is 12.9 Å². The van der Waals surface area contributed by atoms with E-state index in [0.29, 0.717) is 5.56 Å². The van der Waals surface area contributed by atoms with Crippen LogP contribution in [0.5, 0.6) is 0 Å². The predicted octanol–water partition coefficient (Wildman–Crippen LogP) is 3.02. The Morgan fingerprint density at radius 3 is 2.27 bits per heavy atom. The van der Waals surface area contributed by atoms with E-state index in [-0.39, 0.29) is 25.8 Å². The zero-order chi connectivity index (χ0) is 9.97. The Kier molecular flexibility index (Phi) is 4.06. The van der Waals surface area contributed by atoms with Gasteiger partial charge in [-0.2, -0.15) is 0 Å². The van der Waals surface area contributed by atoms with Crippen molar-refractivity contribution in [1.29, 1.82) is 0 Å². The molecule has 4 heteroatoms. The molecule has 0 unspecified atom stereocenters. The quantitative estimate of drug-likeness (QED) is 0.738. The number of pyridine rings is 1. The van der Waals surface area contributed by atoms with Crippen LogP contribution in [-0.2, 0) is 20.1 Å². The van der Waals surface area contributed by atoms with E-state index in [0.717, 1.165) is 12.3 Å².